The molecule has 7 nitrogen and oxygen atoms in total. The summed E-state index contributed by atoms with van der Waals surface area (Å²) in [5.41, 5.74) is 2.48. The molecular formula is C16H19FN4O3. The van der Waals surface area contributed by atoms with Crippen molar-refractivity contribution in [1.82, 2.24) is 20.3 Å². The number of aromatic amines is 1. The average Bonchev–Trinajstić information content (AvgIpc) is 3.20. The van der Waals surface area contributed by atoms with Crippen LogP contribution in [0.25, 0.3) is 11.0 Å². The van der Waals surface area contributed by atoms with E-state index in [1.807, 2.05) is 0 Å². The van der Waals surface area contributed by atoms with Gasteiger partial charge in [-0.1, -0.05) is 0 Å². The van der Waals surface area contributed by atoms with Crippen molar-refractivity contribution in [2.75, 3.05) is 19.7 Å². The number of alkyl halides is 1. The fourth-order valence-electron chi connectivity index (χ4n) is 2.91. The number of esters is 1. The molecule has 2 aromatic rings. The van der Waals surface area contributed by atoms with Gasteiger partial charge in [-0.3, -0.25) is 0 Å². The number of aromatic nitrogens is 3. The number of fused-ring (bicyclic) bond motifs is 1. The Kier molecular flexibility index (Phi) is 3.84. The summed E-state index contributed by atoms with van der Waals surface area (Å²) in [5.74, 6) is -0.0991. The number of hydrogen-bond donors (Lipinski definition) is 2. The molecule has 3 heterocycles. The molecular weight excluding hydrogens is 315 g/mol. The molecule has 2 aromatic heterocycles. The summed E-state index contributed by atoms with van der Waals surface area (Å²) in [7, 11) is 0. The Bertz CT molecular complexity index is 774. The molecule has 24 heavy (non-hydrogen) atoms. The highest BCUT2D eigenvalue weighted by Gasteiger charge is 2.32. The summed E-state index contributed by atoms with van der Waals surface area (Å²) in [6.45, 7) is 2.77. The van der Waals surface area contributed by atoms with E-state index in [2.05, 4.69) is 20.3 Å². The van der Waals surface area contributed by atoms with E-state index in [4.69, 9.17) is 9.47 Å². The summed E-state index contributed by atoms with van der Waals surface area (Å²) < 4.78 is 24.4. The molecule has 2 N–H and O–H groups in total. The first-order chi connectivity index (χ1) is 11.7. The first-order valence-corrected chi connectivity index (χ1v) is 8.25. The van der Waals surface area contributed by atoms with Gasteiger partial charge in [-0.15, -0.1) is 0 Å². The lowest BCUT2D eigenvalue weighted by Gasteiger charge is -2.13. The molecule has 0 spiro atoms. The summed E-state index contributed by atoms with van der Waals surface area (Å²) >= 11 is 0. The summed E-state index contributed by atoms with van der Waals surface area (Å²) in [5, 5.41) is 2.94. The van der Waals surface area contributed by atoms with Crippen LogP contribution in [0, 0.1) is 0 Å². The second kappa shape index (κ2) is 6.01. The topological polar surface area (TPSA) is 89.1 Å². The predicted octanol–water partition coefficient (Wildman–Crippen LogP) is 1.70. The Hall–Kier alpha value is -2.22. The number of ether oxygens (including phenoxy) is 2. The predicted molar refractivity (Wildman–Crippen MR) is 84.0 cm³/mol. The fraction of sp³-hybridized carbons (Fsp3) is 0.562. The van der Waals surface area contributed by atoms with Crippen LogP contribution < -0.4 is 10.1 Å². The maximum absolute atomic E-state index is 13.7. The van der Waals surface area contributed by atoms with Crippen LogP contribution in [0.4, 0.5) is 4.39 Å². The van der Waals surface area contributed by atoms with Crippen LogP contribution in [0.1, 0.15) is 41.9 Å². The van der Waals surface area contributed by atoms with Gasteiger partial charge in [0.05, 0.1) is 23.3 Å². The van der Waals surface area contributed by atoms with Crippen LogP contribution in [0.3, 0.4) is 0 Å². The van der Waals surface area contributed by atoms with E-state index in [0.29, 0.717) is 30.3 Å². The molecule has 128 valence electrons. The molecule has 0 unspecified atom stereocenters. The molecule has 0 aromatic carbocycles. The van der Waals surface area contributed by atoms with Crippen molar-refractivity contribution < 1.29 is 18.7 Å². The van der Waals surface area contributed by atoms with Crippen LogP contribution in [0.2, 0.25) is 0 Å². The number of carbonyl (C=O) groups is 1. The second-order valence-corrected chi connectivity index (χ2v) is 6.16. The molecule has 1 saturated heterocycles. The Morgan fingerprint density at radius 1 is 1.38 bits per heavy atom. The zero-order valence-corrected chi connectivity index (χ0v) is 13.3. The van der Waals surface area contributed by atoms with E-state index < -0.39 is 18.2 Å². The standard InChI is InChI=1S/C16H19FN4O3/c1-2-23-15(22)11-5-10-14(19-11)13(8-3-4-8)21-16(20-10)24-12-7-18-6-9(12)17/h5,8-9,12,18-19H,2-4,6-7H2,1H3/t9-,12+/m1/s1. The van der Waals surface area contributed by atoms with Crippen molar-refractivity contribution in [2.24, 2.45) is 0 Å². The van der Waals surface area contributed by atoms with Crippen LogP contribution in [0.15, 0.2) is 6.07 Å². The zero-order chi connectivity index (χ0) is 16.7. The normalized spacial score (nSPS) is 23.6. The van der Waals surface area contributed by atoms with Crippen LogP contribution >= 0.6 is 0 Å². The molecule has 1 aliphatic carbocycles. The molecule has 2 atom stereocenters. The van der Waals surface area contributed by atoms with Crippen molar-refractivity contribution in [2.45, 2.75) is 38.0 Å². The number of rotatable bonds is 5. The van der Waals surface area contributed by atoms with Crippen LogP contribution in [-0.2, 0) is 4.74 Å². The van der Waals surface area contributed by atoms with Gasteiger partial charge < -0.3 is 19.8 Å². The summed E-state index contributed by atoms with van der Waals surface area (Å²) in [6.07, 6.45) is 0.416. The van der Waals surface area contributed by atoms with E-state index in [0.717, 1.165) is 24.1 Å². The minimum absolute atomic E-state index is 0.162. The van der Waals surface area contributed by atoms with Gasteiger partial charge in [-0.2, -0.15) is 9.97 Å². The molecule has 1 aliphatic heterocycles. The van der Waals surface area contributed by atoms with Crippen LogP contribution in [-0.4, -0.2) is 52.9 Å². The van der Waals surface area contributed by atoms with Crippen molar-refractivity contribution in [3.8, 4) is 6.01 Å². The van der Waals surface area contributed by atoms with Gasteiger partial charge in [0.25, 0.3) is 0 Å². The Morgan fingerprint density at radius 2 is 2.21 bits per heavy atom. The largest absolute Gasteiger partial charge is 0.461 e. The monoisotopic (exact) mass is 334 g/mol. The number of nitrogens with zero attached hydrogens (tertiary/aromatic N) is 2. The first kappa shape index (κ1) is 15.3. The van der Waals surface area contributed by atoms with Gasteiger partial charge in [0.1, 0.15) is 11.8 Å². The number of nitrogens with one attached hydrogen (secondary N) is 2. The van der Waals surface area contributed by atoms with Gasteiger partial charge in [0, 0.05) is 19.0 Å². The quantitative estimate of drug-likeness (QED) is 0.809. The molecule has 1 saturated carbocycles. The summed E-state index contributed by atoms with van der Waals surface area (Å²) in [4.78, 5) is 23.8. The lowest BCUT2D eigenvalue weighted by molar-refractivity contribution is 0.0520. The molecule has 8 heteroatoms. The number of halogens is 1. The Balaban J connectivity index is 1.69. The van der Waals surface area contributed by atoms with E-state index in [-0.39, 0.29) is 12.6 Å². The maximum Gasteiger partial charge on any atom is 0.354 e. The minimum Gasteiger partial charge on any atom is -0.461 e. The van der Waals surface area contributed by atoms with Crippen LogP contribution in [0.5, 0.6) is 6.01 Å². The first-order valence-electron chi connectivity index (χ1n) is 8.25. The highest BCUT2D eigenvalue weighted by molar-refractivity contribution is 5.94. The molecule has 2 fully saturated rings. The molecule has 0 amide bonds. The number of hydrogen-bond acceptors (Lipinski definition) is 6. The zero-order valence-electron chi connectivity index (χ0n) is 13.3. The second-order valence-electron chi connectivity index (χ2n) is 6.16. The van der Waals surface area contributed by atoms with Crippen molar-refractivity contribution in [3.05, 3.63) is 17.5 Å². The van der Waals surface area contributed by atoms with Gasteiger partial charge in [-0.25, -0.2) is 9.18 Å². The Morgan fingerprint density at radius 3 is 2.88 bits per heavy atom. The van der Waals surface area contributed by atoms with Gasteiger partial charge in [-0.05, 0) is 25.8 Å². The van der Waals surface area contributed by atoms with E-state index in [1.54, 1.807) is 13.0 Å². The van der Waals surface area contributed by atoms with Crippen molar-refractivity contribution >= 4 is 17.0 Å². The average molecular weight is 334 g/mol. The molecule has 4 rings (SSSR count). The molecule has 0 bridgehead atoms. The lowest BCUT2D eigenvalue weighted by Crippen LogP contribution is -2.27. The highest BCUT2D eigenvalue weighted by atomic mass is 19.1. The molecule has 2 aliphatic rings. The third kappa shape index (κ3) is 2.82. The maximum atomic E-state index is 13.7. The van der Waals surface area contributed by atoms with Crippen molar-refractivity contribution in [3.63, 3.8) is 0 Å². The van der Waals surface area contributed by atoms with Gasteiger partial charge in [0.15, 0.2) is 6.17 Å². The fourth-order valence-corrected chi connectivity index (χ4v) is 2.91. The van der Waals surface area contributed by atoms with Gasteiger partial charge >= 0.3 is 12.0 Å². The lowest BCUT2D eigenvalue weighted by atomic mass is 10.2. The van der Waals surface area contributed by atoms with E-state index >= 15 is 0 Å². The Labute approximate surface area is 138 Å². The highest BCUT2D eigenvalue weighted by Crippen LogP contribution is 2.42. The van der Waals surface area contributed by atoms with Crippen molar-refractivity contribution in [1.29, 1.82) is 0 Å². The number of carbonyl (C=O) groups excluding carboxylic acids is 1. The third-order valence-electron chi connectivity index (χ3n) is 4.29. The SMILES string of the molecule is CCOC(=O)c1cc2nc(O[C@H]3CNC[C@H]3F)nc(C3CC3)c2[nH]1. The third-order valence-corrected chi connectivity index (χ3v) is 4.29. The van der Waals surface area contributed by atoms with E-state index in [1.165, 1.54) is 0 Å². The van der Waals surface area contributed by atoms with E-state index in [9.17, 15) is 9.18 Å². The smallest absolute Gasteiger partial charge is 0.354 e. The molecule has 0 radical (unpaired) electrons. The van der Waals surface area contributed by atoms with Gasteiger partial charge in [0.2, 0.25) is 0 Å². The number of H-pyrrole nitrogens is 1. The summed E-state index contributed by atoms with van der Waals surface area (Å²) in [6, 6.07) is 1.79. The minimum atomic E-state index is -1.07.